The van der Waals surface area contributed by atoms with Crippen LogP contribution in [0.4, 0.5) is 32.8 Å². The second-order valence-corrected chi connectivity index (χ2v) is 11.0. The molecule has 2 aromatic rings. The van der Waals surface area contributed by atoms with Gasteiger partial charge in [0.1, 0.15) is 11.9 Å². The first-order valence-electron chi connectivity index (χ1n) is 12.7. The quantitative estimate of drug-likeness (QED) is 0.214. The topological polar surface area (TPSA) is 126 Å². The van der Waals surface area contributed by atoms with Gasteiger partial charge in [-0.05, 0) is 57.0 Å². The normalized spacial score (nSPS) is 12.6. The lowest BCUT2D eigenvalue weighted by Gasteiger charge is -2.28. The predicted octanol–water partition coefficient (Wildman–Crippen LogP) is 4.59. The summed E-state index contributed by atoms with van der Waals surface area (Å²) in [6.07, 6.45) is -6.28. The van der Waals surface area contributed by atoms with Crippen LogP contribution >= 0.6 is 0 Å². The first-order chi connectivity index (χ1) is 19.2. The fourth-order valence-corrected chi connectivity index (χ4v) is 4.94. The number of urea groups is 1. The average Bonchev–Trinajstić information content (AvgIpc) is 2.87. The van der Waals surface area contributed by atoms with Crippen LogP contribution in [0.3, 0.4) is 0 Å². The highest BCUT2D eigenvalue weighted by molar-refractivity contribution is 7.89. The van der Waals surface area contributed by atoms with Crippen LogP contribution in [0.25, 0.3) is 0 Å². The molecule has 0 bridgehead atoms. The van der Waals surface area contributed by atoms with Gasteiger partial charge in [-0.3, -0.25) is 5.32 Å². The lowest BCUT2D eigenvalue weighted by atomic mass is 10.2. The summed E-state index contributed by atoms with van der Waals surface area (Å²) in [6, 6.07) is 9.22. The number of anilines is 1. The largest absolute Gasteiger partial charge is 0.442 e. The Morgan fingerprint density at radius 2 is 1.73 bits per heavy atom. The molecule has 3 amide bonds. The van der Waals surface area contributed by atoms with E-state index in [4.69, 9.17) is 9.47 Å². The molecule has 0 spiro atoms. The van der Waals surface area contributed by atoms with E-state index in [-0.39, 0.29) is 51.2 Å². The minimum atomic E-state index is -5.07. The maximum absolute atomic E-state index is 13.4. The summed E-state index contributed by atoms with van der Waals surface area (Å²) in [4.78, 5) is 25.5. The molecule has 10 nitrogen and oxygen atoms in total. The number of benzene rings is 2. The Morgan fingerprint density at radius 3 is 2.34 bits per heavy atom. The van der Waals surface area contributed by atoms with Crippen LogP contribution in [0.1, 0.15) is 32.3 Å². The van der Waals surface area contributed by atoms with E-state index in [1.807, 2.05) is 0 Å². The summed E-state index contributed by atoms with van der Waals surface area (Å²) in [6.45, 7) is 3.30. The van der Waals surface area contributed by atoms with E-state index < -0.39 is 50.7 Å². The van der Waals surface area contributed by atoms with Gasteiger partial charge in [0.15, 0.2) is 0 Å². The third-order valence-electron chi connectivity index (χ3n) is 5.45. The fourth-order valence-electron chi connectivity index (χ4n) is 3.66. The van der Waals surface area contributed by atoms with Gasteiger partial charge in [0.05, 0.1) is 23.6 Å². The number of sulfonamides is 1. The Balaban J connectivity index is 2.01. The molecular formula is C26H34F4N4O6S. The summed E-state index contributed by atoms with van der Waals surface area (Å²) in [5.74, 6) is -1.22. The highest BCUT2D eigenvalue weighted by atomic mass is 32.2. The monoisotopic (exact) mass is 606 g/mol. The number of amides is 3. The molecule has 0 aliphatic rings. The van der Waals surface area contributed by atoms with E-state index in [0.29, 0.717) is 17.8 Å². The molecule has 0 aliphatic heterocycles. The molecule has 0 aliphatic carbocycles. The van der Waals surface area contributed by atoms with Crippen molar-refractivity contribution in [3.05, 3.63) is 59.9 Å². The maximum Gasteiger partial charge on any atom is 0.417 e. The number of nitrogens with one attached hydrogen (secondary N) is 3. The Labute approximate surface area is 236 Å². The second-order valence-electron chi connectivity index (χ2n) is 9.27. The van der Waals surface area contributed by atoms with E-state index in [0.717, 1.165) is 0 Å². The maximum atomic E-state index is 13.4. The van der Waals surface area contributed by atoms with E-state index >= 15 is 0 Å². The van der Waals surface area contributed by atoms with Gasteiger partial charge < -0.3 is 19.7 Å². The van der Waals surface area contributed by atoms with Gasteiger partial charge in [0.25, 0.3) is 0 Å². The number of hydrogen-bond donors (Lipinski definition) is 3. The highest BCUT2D eigenvalue weighted by Gasteiger charge is 2.37. The minimum absolute atomic E-state index is 0.0212. The molecule has 1 atom stereocenters. The number of unbranched alkanes of at least 4 members (excludes halogenated alkanes) is 1. The zero-order chi connectivity index (χ0) is 30.6. The van der Waals surface area contributed by atoms with Gasteiger partial charge >= 0.3 is 18.3 Å². The van der Waals surface area contributed by atoms with Gasteiger partial charge in [-0.2, -0.15) is 13.2 Å². The van der Waals surface area contributed by atoms with Crippen LogP contribution in [0.2, 0.25) is 0 Å². The predicted molar refractivity (Wildman–Crippen MR) is 143 cm³/mol. The van der Waals surface area contributed by atoms with Crippen molar-refractivity contribution in [1.29, 1.82) is 0 Å². The Morgan fingerprint density at radius 1 is 1.05 bits per heavy atom. The molecule has 0 aromatic heterocycles. The number of carbonyl (C=O) groups excluding carboxylic acids is 2. The Kier molecular flexibility index (Phi) is 12.8. The first-order valence-corrected chi connectivity index (χ1v) is 14.1. The van der Waals surface area contributed by atoms with Crippen molar-refractivity contribution in [2.75, 3.05) is 38.7 Å². The van der Waals surface area contributed by atoms with Gasteiger partial charge in [-0.15, -0.1) is 0 Å². The smallest absolute Gasteiger partial charge is 0.417 e. The van der Waals surface area contributed by atoms with Gasteiger partial charge in [0, 0.05) is 31.9 Å². The van der Waals surface area contributed by atoms with Crippen LogP contribution in [0, 0.1) is 5.82 Å². The van der Waals surface area contributed by atoms with Gasteiger partial charge in [-0.1, -0.05) is 18.2 Å². The minimum Gasteiger partial charge on any atom is -0.442 e. The van der Waals surface area contributed by atoms with Crippen molar-refractivity contribution in [2.45, 2.75) is 49.9 Å². The van der Waals surface area contributed by atoms with Gasteiger partial charge in [-0.25, -0.2) is 27.1 Å². The summed E-state index contributed by atoms with van der Waals surface area (Å²) < 4.78 is 90.8. The van der Waals surface area contributed by atoms with Crippen LogP contribution in [-0.2, 0) is 25.7 Å². The van der Waals surface area contributed by atoms with Crippen LogP contribution in [-0.4, -0.2) is 70.9 Å². The number of alkyl halides is 3. The van der Waals surface area contributed by atoms with Crippen molar-refractivity contribution >= 4 is 27.8 Å². The zero-order valence-electron chi connectivity index (χ0n) is 22.8. The second kappa shape index (κ2) is 15.5. The lowest BCUT2D eigenvalue weighted by Crippen LogP contribution is -2.48. The molecule has 0 heterocycles. The molecule has 0 radical (unpaired) electrons. The molecule has 41 heavy (non-hydrogen) atoms. The molecular weight excluding hydrogens is 572 g/mol. The van der Waals surface area contributed by atoms with Crippen LogP contribution < -0.4 is 15.4 Å². The number of carbonyl (C=O) groups is 2. The SMILES string of the molecule is COCC(CN(CCCCNS(=O)(=O)c1ccc(F)cc1C(F)(F)F)C(=O)NC(C)C)OC(=O)Nc1ccccc1. The lowest BCUT2D eigenvalue weighted by molar-refractivity contribution is -0.140. The Hall–Kier alpha value is -3.43. The third kappa shape index (κ3) is 11.5. The Bertz CT molecular complexity index is 1250. The van der Waals surface area contributed by atoms with E-state index in [1.54, 1.807) is 44.2 Å². The number of para-hydroxylation sites is 1. The van der Waals surface area contributed by atoms with Crippen molar-refractivity contribution in [2.24, 2.45) is 0 Å². The molecule has 15 heteroatoms. The number of methoxy groups -OCH3 is 1. The summed E-state index contributed by atoms with van der Waals surface area (Å²) in [5.41, 5.74) is -1.10. The molecule has 228 valence electrons. The first kappa shape index (κ1) is 33.8. The van der Waals surface area contributed by atoms with Crippen molar-refractivity contribution in [3.63, 3.8) is 0 Å². The summed E-state index contributed by atoms with van der Waals surface area (Å²) in [5, 5.41) is 5.31. The molecule has 1 unspecified atom stereocenters. The highest BCUT2D eigenvalue weighted by Crippen LogP contribution is 2.34. The molecule has 0 saturated carbocycles. The average molecular weight is 607 g/mol. The van der Waals surface area contributed by atoms with Crippen molar-refractivity contribution < 1.29 is 45.0 Å². The van der Waals surface area contributed by atoms with E-state index in [9.17, 15) is 35.6 Å². The molecule has 2 aromatic carbocycles. The fraction of sp³-hybridized carbons (Fsp3) is 0.462. The number of halogens is 4. The summed E-state index contributed by atoms with van der Waals surface area (Å²) >= 11 is 0. The van der Waals surface area contributed by atoms with Crippen LogP contribution in [0.5, 0.6) is 0 Å². The number of ether oxygens (including phenoxy) is 2. The van der Waals surface area contributed by atoms with Crippen LogP contribution in [0.15, 0.2) is 53.4 Å². The third-order valence-corrected chi connectivity index (χ3v) is 6.97. The zero-order valence-corrected chi connectivity index (χ0v) is 23.6. The molecule has 2 rings (SSSR count). The number of nitrogens with zero attached hydrogens (tertiary/aromatic N) is 1. The van der Waals surface area contributed by atoms with E-state index in [1.165, 1.54) is 12.0 Å². The molecule has 0 saturated heterocycles. The van der Waals surface area contributed by atoms with Crippen molar-refractivity contribution in [1.82, 2.24) is 14.9 Å². The van der Waals surface area contributed by atoms with Gasteiger partial charge in [0.2, 0.25) is 10.0 Å². The van der Waals surface area contributed by atoms with Crippen molar-refractivity contribution in [3.8, 4) is 0 Å². The number of hydrogen-bond acceptors (Lipinski definition) is 6. The van der Waals surface area contributed by atoms with E-state index in [2.05, 4.69) is 15.4 Å². The number of rotatable bonds is 14. The standard InChI is InChI=1S/C26H34F4N4O6S/c1-18(2)32-24(35)34(16-21(17-39-3)40-25(36)33-20-9-5-4-6-10-20)14-8-7-13-31-41(37,38)23-12-11-19(27)15-22(23)26(28,29)30/h4-6,9-12,15,18,21,31H,7-8,13-14,16-17H2,1-3H3,(H,32,35)(H,33,36). The molecule has 0 fully saturated rings. The summed E-state index contributed by atoms with van der Waals surface area (Å²) in [7, 11) is -3.20. The molecule has 3 N–H and O–H groups in total.